The zero-order valence-corrected chi connectivity index (χ0v) is 15.0. The third-order valence-electron chi connectivity index (χ3n) is 3.84. The molecule has 0 saturated carbocycles. The number of nitro benzene ring substituents is 1. The molecule has 1 amide bonds. The summed E-state index contributed by atoms with van der Waals surface area (Å²) >= 11 is 0. The fourth-order valence-electron chi connectivity index (χ4n) is 2.47. The summed E-state index contributed by atoms with van der Waals surface area (Å²) in [5, 5.41) is 13.9. The molecule has 138 valence electrons. The van der Waals surface area contributed by atoms with Crippen LogP contribution in [0.4, 0.5) is 5.69 Å². The number of hydrogen-bond donors (Lipinski definition) is 1. The van der Waals surface area contributed by atoms with Crippen LogP contribution < -0.4 is 14.8 Å². The lowest BCUT2D eigenvalue weighted by Gasteiger charge is -2.17. The number of carbonyl (C=O) groups is 1. The molecule has 7 heteroatoms. The van der Waals surface area contributed by atoms with Crippen molar-refractivity contribution < 1.29 is 19.2 Å². The van der Waals surface area contributed by atoms with Crippen LogP contribution in [0.1, 0.15) is 42.2 Å². The van der Waals surface area contributed by atoms with Crippen LogP contribution in [-0.4, -0.2) is 24.5 Å². The van der Waals surface area contributed by atoms with Gasteiger partial charge in [0.15, 0.2) is 11.5 Å². The Bertz CT molecular complexity index is 791. The molecule has 1 atom stereocenters. The zero-order chi connectivity index (χ0) is 19.1. The molecule has 2 rings (SSSR count). The smallest absolute Gasteiger partial charge is 0.282 e. The minimum absolute atomic E-state index is 0.0271. The van der Waals surface area contributed by atoms with Crippen LogP contribution in [-0.2, 0) is 0 Å². The molecule has 0 spiro atoms. The van der Waals surface area contributed by atoms with Gasteiger partial charge in [-0.1, -0.05) is 25.1 Å². The number of rotatable bonds is 8. The van der Waals surface area contributed by atoms with E-state index in [9.17, 15) is 14.9 Å². The van der Waals surface area contributed by atoms with Gasteiger partial charge in [-0.05, 0) is 37.1 Å². The number of amides is 1. The lowest BCUT2D eigenvalue weighted by atomic mass is 10.1. The first-order valence-electron chi connectivity index (χ1n) is 8.33. The average molecular weight is 358 g/mol. The van der Waals surface area contributed by atoms with E-state index in [1.54, 1.807) is 32.2 Å². The van der Waals surface area contributed by atoms with Crippen molar-refractivity contribution in [1.29, 1.82) is 0 Å². The van der Waals surface area contributed by atoms with Crippen LogP contribution in [0.15, 0.2) is 42.5 Å². The second-order valence-corrected chi connectivity index (χ2v) is 5.73. The van der Waals surface area contributed by atoms with E-state index < -0.39 is 10.8 Å². The summed E-state index contributed by atoms with van der Waals surface area (Å²) in [5.74, 6) is 0.702. The van der Waals surface area contributed by atoms with E-state index >= 15 is 0 Å². The van der Waals surface area contributed by atoms with Crippen molar-refractivity contribution in [3.8, 4) is 11.5 Å². The van der Waals surface area contributed by atoms with Gasteiger partial charge >= 0.3 is 0 Å². The maximum atomic E-state index is 12.4. The van der Waals surface area contributed by atoms with Gasteiger partial charge in [-0.2, -0.15) is 0 Å². The Morgan fingerprint density at radius 2 is 1.96 bits per heavy atom. The first kappa shape index (κ1) is 19.2. The van der Waals surface area contributed by atoms with E-state index in [1.807, 2.05) is 13.0 Å². The third-order valence-corrected chi connectivity index (χ3v) is 3.84. The number of nitrogens with zero attached hydrogens (tertiary/aromatic N) is 1. The van der Waals surface area contributed by atoms with E-state index in [2.05, 4.69) is 5.32 Å². The van der Waals surface area contributed by atoms with E-state index in [0.29, 0.717) is 18.1 Å². The molecule has 1 unspecified atom stereocenters. The Morgan fingerprint density at radius 3 is 2.62 bits per heavy atom. The maximum Gasteiger partial charge on any atom is 0.282 e. The third kappa shape index (κ3) is 4.50. The highest BCUT2D eigenvalue weighted by Gasteiger charge is 2.21. The molecule has 0 radical (unpaired) electrons. The van der Waals surface area contributed by atoms with Gasteiger partial charge in [0.1, 0.15) is 5.56 Å². The van der Waals surface area contributed by atoms with Crippen molar-refractivity contribution in [2.75, 3.05) is 13.7 Å². The number of nitrogens with one attached hydrogen (secondary N) is 1. The lowest BCUT2D eigenvalue weighted by molar-refractivity contribution is -0.385. The minimum Gasteiger partial charge on any atom is -0.493 e. The number of methoxy groups -OCH3 is 1. The highest BCUT2D eigenvalue weighted by molar-refractivity contribution is 5.98. The Hall–Kier alpha value is -3.09. The van der Waals surface area contributed by atoms with Crippen LogP contribution in [0.5, 0.6) is 11.5 Å². The molecule has 0 heterocycles. The molecule has 1 N–H and O–H groups in total. The number of carbonyl (C=O) groups excluding carboxylic acids is 1. The van der Waals surface area contributed by atoms with Gasteiger partial charge in [-0.15, -0.1) is 0 Å². The maximum absolute atomic E-state index is 12.4. The van der Waals surface area contributed by atoms with Crippen molar-refractivity contribution in [1.82, 2.24) is 5.32 Å². The van der Waals surface area contributed by atoms with Crippen LogP contribution in [0, 0.1) is 10.1 Å². The van der Waals surface area contributed by atoms with Crippen LogP contribution in [0.25, 0.3) is 0 Å². The molecule has 0 aliphatic carbocycles. The van der Waals surface area contributed by atoms with Crippen molar-refractivity contribution in [3.05, 3.63) is 63.7 Å². The molecule has 0 aliphatic rings. The van der Waals surface area contributed by atoms with Gasteiger partial charge in [0.2, 0.25) is 0 Å². The fraction of sp³-hybridized carbons (Fsp3) is 0.316. The molecular formula is C19H22N2O5. The second kappa shape index (κ2) is 8.84. The summed E-state index contributed by atoms with van der Waals surface area (Å²) in [6.07, 6.45) is 0.882. The summed E-state index contributed by atoms with van der Waals surface area (Å²) < 4.78 is 11.0. The quantitative estimate of drug-likeness (QED) is 0.571. The molecule has 2 aromatic carbocycles. The monoisotopic (exact) mass is 358 g/mol. The number of ether oxygens (including phenoxy) is 2. The number of benzene rings is 2. The molecular weight excluding hydrogens is 336 g/mol. The summed E-state index contributed by atoms with van der Waals surface area (Å²) in [4.78, 5) is 23.0. The summed E-state index contributed by atoms with van der Waals surface area (Å²) in [6, 6.07) is 10.9. The van der Waals surface area contributed by atoms with Crippen molar-refractivity contribution in [3.63, 3.8) is 0 Å². The van der Waals surface area contributed by atoms with Crippen LogP contribution in [0.3, 0.4) is 0 Å². The average Bonchev–Trinajstić information content (AvgIpc) is 2.65. The SMILES string of the molecule is CCCOc1ccc(C(C)NC(=O)c2ccccc2[N+](=O)[O-])cc1OC. The molecule has 0 aliphatic heterocycles. The largest absolute Gasteiger partial charge is 0.493 e. The highest BCUT2D eigenvalue weighted by atomic mass is 16.6. The van der Waals surface area contributed by atoms with Gasteiger partial charge in [0, 0.05) is 6.07 Å². The molecule has 0 aromatic heterocycles. The van der Waals surface area contributed by atoms with Crippen molar-refractivity contribution in [2.24, 2.45) is 0 Å². The first-order chi connectivity index (χ1) is 12.5. The van der Waals surface area contributed by atoms with Gasteiger partial charge in [-0.25, -0.2) is 0 Å². The normalized spacial score (nSPS) is 11.5. The molecule has 2 aromatic rings. The predicted molar refractivity (Wildman–Crippen MR) is 97.8 cm³/mol. The van der Waals surface area contributed by atoms with Gasteiger partial charge in [0.05, 0.1) is 24.7 Å². The van der Waals surface area contributed by atoms with Crippen molar-refractivity contribution >= 4 is 11.6 Å². The number of hydrogen-bond acceptors (Lipinski definition) is 5. The van der Waals surface area contributed by atoms with E-state index in [0.717, 1.165) is 12.0 Å². The van der Waals surface area contributed by atoms with E-state index in [1.165, 1.54) is 18.2 Å². The highest BCUT2D eigenvalue weighted by Crippen LogP contribution is 2.30. The predicted octanol–water partition coefficient (Wildman–Crippen LogP) is 3.88. The Morgan fingerprint density at radius 1 is 1.23 bits per heavy atom. The summed E-state index contributed by atoms with van der Waals surface area (Å²) in [6.45, 7) is 4.40. The van der Waals surface area contributed by atoms with Crippen molar-refractivity contribution in [2.45, 2.75) is 26.3 Å². The molecule has 0 fully saturated rings. The summed E-state index contributed by atoms with van der Waals surface area (Å²) in [7, 11) is 1.55. The summed E-state index contributed by atoms with van der Waals surface area (Å²) in [5.41, 5.74) is 0.606. The first-order valence-corrected chi connectivity index (χ1v) is 8.33. The number of para-hydroxylation sites is 1. The minimum atomic E-state index is -0.567. The molecule has 0 bridgehead atoms. The fourth-order valence-corrected chi connectivity index (χ4v) is 2.47. The number of nitro groups is 1. The molecule has 26 heavy (non-hydrogen) atoms. The second-order valence-electron chi connectivity index (χ2n) is 5.73. The van der Waals surface area contributed by atoms with Gasteiger partial charge < -0.3 is 14.8 Å². The zero-order valence-electron chi connectivity index (χ0n) is 15.0. The van der Waals surface area contributed by atoms with Crippen LogP contribution >= 0.6 is 0 Å². The van der Waals surface area contributed by atoms with Gasteiger partial charge in [0.25, 0.3) is 11.6 Å². The molecule has 0 saturated heterocycles. The Balaban J connectivity index is 2.18. The van der Waals surface area contributed by atoms with Gasteiger partial charge in [-0.3, -0.25) is 14.9 Å². The molecule has 7 nitrogen and oxygen atoms in total. The topological polar surface area (TPSA) is 90.7 Å². The van der Waals surface area contributed by atoms with E-state index in [-0.39, 0.29) is 17.3 Å². The Kier molecular flexibility index (Phi) is 6.54. The lowest BCUT2D eigenvalue weighted by Crippen LogP contribution is -2.27. The Labute approximate surface area is 152 Å². The standard InChI is InChI=1S/C19H22N2O5/c1-4-11-26-17-10-9-14(12-18(17)25-3)13(2)20-19(22)15-7-5-6-8-16(15)21(23)24/h5-10,12-13H,4,11H2,1-3H3,(H,20,22). The van der Waals surface area contributed by atoms with E-state index in [4.69, 9.17) is 9.47 Å². The van der Waals surface area contributed by atoms with Crippen LogP contribution in [0.2, 0.25) is 0 Å².